The summed E-state index contributed by atoms with van der Waals surface area (Å²) in [5.41, 5.74) is 3.96. The highest BCUT2D eigenvalue weighted by atomic mass is 35.5. The molecular weight excluding hydrogens is 216 g/mol. The summed E-state index contributed by atoms with van der Waals surface area (Å²) in [6.45, 7) is 6.63. The molecule has 0 nitrogen and oxygen atoms in total. The summed E-state index contributed by atoms with van der Waals surface area (Å²) < 4.78 is 0. The predicted molar refractivity (Wildman–Crippen MR) is 74.0 cm³/mol. The van der Waals surface area contributed by atoms with Crippen LogP contribution in [0.1, 0.15) is 38.3 Å². The molecule has 1 aromatic carbocycles. The van der Waals surface area contributed by atoms with Crippen molar-refractivity contribution in [3.05, 3.63) is 41.0 Å². The maximum Gasteiger partial charge on any atom is 0.0436 e. The van der Waals surface area contributed by atoms with Gasteiger partial charge in [-0.2, -0.15) is 0 Å². The first-order valence-electron chi connectivity index (χ1n) is 6.00. The van der Waals surface area contributed by atoms with Gasteiger partial charge in [-0.05, 0) is 29.9 Å². The predicted octanol–water partition coefficient (Wildman–Crippen LogP) is 4.92. The Bertz CT molecular complexity index is 327. The second-order valence-corrected chi connectivity index (χ2v) is 4.90. The van der Waals surface area contributed by atoms with Crippen molar-refractivity contribution >= 4 is 17.7 Å². The van der Waals surface area contributed by atoms with Crippen LogP contribution in [0.3, 0.4) is 0 Å². The van der Waals surface area contributed by atoms with E-state index in [0.717, 1.165) is 18.8 Å². The molecule has 88 valence electrons. The molecule has 0 aromatic heterocycles. The summed E-state index contributed by atoms with van der Waals surface area (Å²) >= 11 is 5.85. The van der Waals surface area contributed by atoms with E-state index in [9.17, 15) is 0 Å². The molecule has 0 aliphatic carbocycles. The second kappa shape index (κ2) is 6.75. The Labute approximate surface area is 104 Å². The van der Waals surface area contributed by atoms with Crippen molar-refractivity contribution < 1.29 is 0 Å². The Kier molecular flexibility index (Phi) is 5.62. The van der Waals surface area contributed by atoms with Gasteiger partial charge in [-0.25, -0.2) is 0 Å². The third-order valence-corrected chi connectivity index (χ3v) is 2.96. The third-order valence-electron chi connectivity index (χ3n) is 2.62. The average Bonchev–Trinajstić information content (AvgIpc) is 2.27. The lowest BCUT2D eigenvalue weighted by molar-refractivity contribution is 0.647. The molecule has 1 aromatic rings. The van der Waals surface area contributed by atoms with Crippen LogP contribution in [-0.4, -0.2) is 5.88 Å². The van der Waals surface area contributed by atoms with Crippen molar-refractivity contribution in [2.45, 2.75) is 33.6 Å². The van der Waals surface area contributed by atoms with Crippen LogP contribution < -0.4 is 0 Å². The average molecular weight is 237 g/mol. The molecule has 0 amide bonds. The molecule has 0 bridgehead atoms. The molecule has 0 unspecified atom stereocenters. The summed E-state index contributed by atoms with van der Waals surface area (Å²) in [5, 5.41) is 0. The van der Waals surface area contributed by atoms with Gasteiger partial charge in [0.2, 0.25) is 0 Å². The van der Waals surface area contributed by atoms with Gasteiger partial charge in [-0.1, -0.05) is 56.7 Å². The van der Waals surface area contributed by atoms with E-state index in [0.29, 0.717) is 5.88 Å². The van der Waals surface area contributed by atoms with Gasteiger partial charge in [0.1, 0.15) is 0 Å². The number of hydrogen-bond acceptors (Lipinski definition) is 0. The summed E-state index contributed by atoms with van der Waals surface area (Å²) in [7, 11) is 0. The van der Waals surface area contributed by atoms with Crippen LogP contribution in [-0.2, 0) is 6.42 Å². The van der Waals surface area contributed by atoms with E-state index >= 15 is 0 Å². The van der Waals surface area contributed by atoms with Crippen LogP contribution in [0.4, 0.5) is 0 Å². The Morgan fingerprint density at radius 2 is 1.88 bits per heavy atom. The normalized spacial score (nSPS) is 12.2. The maximum absolute atomic E-state index is 5.85. The van der Waals surface area contributed by atoms with Crippen molar-refractivity contribution in [1.29, 1.82) is 0 Å². The zero-order chi connectivity index (χ0) is 12.0. The largest absolute Gasteiger partial charge is 0.122 e. The first kappa shape index (κ1) is 13.3. The van der Waals surface area contributed by atoms with E-state index < -0.39 is 0 Å². The number of rotatable bonds is 5. The fourth-order valence-corrected chi connectivity index (χ4v) is 1.96. The molecule has 0 saturated heterocycles. The van der Waals surface area contributed by atoms with Gasteiger partial charge in [-0.15, -0.1) is 11.6 Å². The van der Waals surface area contributed by atoms with Gasteiger partial charge in [0.25, 0.3) is 0 Å². The smallest absolute Gasteiger partial charge is 0.0436 e. The molecule has 0 N–H and O–H groups in total. The van der Waals surface area contributed by atoms with E-state index in [1.807, 2.05) is 0 Å². The number of benzene rings is 1. The molecular formula is C15H21Cl. The molecule has 16 heavy (non-hydrogen) atoms. The minimum atomic E-state index is 0.629. The lowest BCUT2D eigenvalue weighted by atomic mass is 10.0. The van der Waals surface area contributed by atoms with Crippen LogP contribution in [0.5, 0.6) is 0 Å². The van der Waals surface area contributed by atoms with E-state index in [4.69, 9.17) is 11.6 Å². The molecule has 1 rings (SSSR count). The first-order valence-corrected chi connectivity index (χ1v) is 6.53. The summed E-state index contributed by atoms with van der Waals surface area (Å²) in [5.74, 6) is 1.35. The minimum absolute atomic E-state index is 0.629. The molecule has 0 atom stereocenters. The van der Waals surface area contributed by atoms with Crippen molar-refractivity contribution in [2.75, 3.05) is 5.88 Å². The molecule has 0 aliphatic rings. The van der Waals surface area contributed by atoms with E-state index in [2.05, 4.69) is 51.1 Å². The molecule has 1 heteroatoms. The summed E-state index contributed by atoms with van der Waals surface area (Å²) in [6, 6.07) is 8.79. The monoisotopic (exact) mass is 236 g/mol. The lowest BCUT2D eigenvalue weighted by Crippen LogP contribution is -1.93. The highest BCUT2D eigenvalue weighted by molar-refractivity contribution is 6.19. The first-order chi connectivity index (χ1) is 7.65. The number of allylic oxidation sites excluding steroid dienone is 1. The van der Waals surface area contributed by atoms with Crippen LogP contribution in [0, 0.1) is 5.92 Å². The Hall–Kier alpha value is -0.750. The number of alkyl halides is 1. The van der Waals surface area contributed by atoms with Crippen LogP contribution in [0.25, 0.3) is 6.08 Å². The highest BCUT2D eigenvalue weighted by Gasteiger charge is 1.98. The van der Waals surface area contributed by atoms with Gasteiger partial charge in [0.05, 0.1) is 0 Å². The fourth-order valence-electron chi connectivity index (χ4n) is 1.69. The van der Waals surface area contributed by atoms with Gasteiger partial charge in [0.15, 0.2) is 0 Å². The van der Waals surface area contributed by atoms with E-state index in [-0.39, 0.29) is 0 Å². The number of halogens is 1. The summed E-state index contributed by atoms with van der Waals surface area (Å²) in [4.78, 5) is 0. The molecule has 0 radical (unpaired) electrons. The topological polar surface area (TPSA) is 0 Å². The van der Waals surface area contributed by atoms with Gasteiger partial charge in [-0.3, -0.25) is 0 Å². The Balaban J connectivity index is 2.74. The van der Waals surface area contributed by atoms with Crippen molar-refractivity contribution in [1.82, 2.24) is 0 Å². The van der Waals surface area contributed by atoms with Crippen molar-refractivity contribution in [2.24, 2.45) is 5.92 Å². The maximum atomic E-state index is 5.85. The zero-order valence-corrected chi connectivity index (χ0v) is 11.2. The van der Waals surface area contributed by atoms with Gasteiger partial charge < -0.3 is 0 Å². The number of hydrogen-bond donors (Lipinski definition) is 0. The van der Waals surface area contributed by atoms with Crippen LogP contribution >= 0.6 is 11.6 Å². The van der Waals surface area contributed by atoms with E-state index in [1.54, 1.807) is 0 Å². The van der Waals surface area contributed by atoms with Crippen LogP contribution in [0.2, 0.25) is 0 Å². The quantitative estimate of drug-likeness (QED) is 0.637. The Morgan fingerprint density at radius 3 is 2.31 bits per heavy atom. The standard InChI is InChI=1S/C15H21Cl/c1-4-13(11-16)10-15-7-5-14(6-8-15)9-12(2)3/h5-8,10,12H,4,9,11H2,1-3H3. The van der Waals surface area contributed by atoms with Gasteiger partial charge in [0, 0.05) is 5.88 Å². The molecule has 0 spiro atoms. The molecule has 0 heterocycles. The fraction of sp³-hybridized carbons (Fsp3) is 0.467. The van der Waals surface area contributed by atoms with Crippen molar-refractivity contribution in [3.63, 3.8) is 0 Å². The molecule has 0 fully saturated rings. The van der Waals surface area contributed by atoms with Gasteiger partial charge >= 0.3 is 0 Å². The van der Waals surface area contributed by atoms with Crippen LogP contribution in [0.15, 0.2) is 29.8 Å². The lowest BCUT2D eigenvalue weighted by Gasteiger charge is -2.05. The molecule has 0 aliphatic heterocycles. The highest BCUT2D eigenvalue weighted by Crippen LogP contribution is 2.14. The van der Waals surface area contributed by atoms with Crippen molar-refractivity contribution in [3.8, 4) is 0 Å². The third kappa shape index (κ3) is 4.40. The van der Waals surface area contributed by atoms with E-state index in [1.165, 1.54) is 16.7 Å². The zero-order valence-electron chi connectivity index (χ0n) is 10.5. The SMILES string of the molecule is CCC(=Cc1ccc(CC(C)C)cc1)CCl. The second-order valence-electron chi connectivity index (χ2n) is 4.63. The Morgan fingerprint density at radius 1 is 1.25 bits per heavy atom. The minimum Gasteiger partial charge on any atom is -0.122 e. The molecule has 0 saturated carbocycles. The summed E-state index contributed by atoms with van der Waals surface area (Å²) in [6.07, 6.45) is 4.36.